The summed E-state index contributed by atoms with van der Waals surface area (Å²) in [7, 11) is -3.58. The van der Waals surface area contributed by atoms with Gasteiger partial charge in [0.15, 0.2) is 0 Å². The number of hydrogen-bond acceptors (Lipinski definition) is 4. The van der Waals surface area contributed by atoms with Crippen molar-refractivity contribution in [2.24, 2.45) is 0 Å². The third kappa shape index (κ3) is 6.38. The van der Waals surface area contributed by atoms with Crippen molar-refractivity contribution in [1.82, 2.24) is 14.9 Å². The van der Waals surface area contributed by atoms with Crippen LogP contribution >= 0.6 is 0 Å². The average Bonchev–Trinajstić information content (AvgIpc) is 2.80. The number of carbonyl (C=O) groups is 2. The van der Waals surface area contributed by atoms with Crippen LogP contribution in [0.25, 0.3) is 0 Å². The van der Waals surface area contributed by atoms with E-state index in [0.29, 0.717) is 25.9 Å². The molecule has 0 aromatic heterocycles. The first-order chi connectivity index (χ1) is 15.0. The van der Waals surface area contributed by atoms with Crippen molar-refractivity contribution >= 4 is 21.8 Å². The molecule has 3 rings (SSSR count). The summed E-state index contributed by atoms with van der Waals surface area (Å²) in [5, 5.41) is 5.23. The van der Waals surface area contributed by atoms with Crippen molar-refractivity contribution in [2.75, 3.05) is 19.6 Å². The Bertz CT molecular complexity index is 965. The number of carbonyl (C=O) groups excluding carboxylic acids is 2. The number of sulfonamides is 1. The van der Waals surface area contributed by atoms with E-state index in [1.165, 1.54) is 4.31 Å². The van der Waals surface area contributed by atoms with Crippen LogP contribution in [0.4, 0.5) is 0 Å². The van der Waals surface area contributed by atoms with Crippen LogP contribution in [0, 0.1) is 0 Å². The normalized spacial score (nSPS) is 17.1. The summed E-state index contributed by atoms with van der Waals surface area (Å²) < 4.78 is 27.6. The topological polar surface area (TPSA) is 95.6 Å². The molecule has 0 spiro atoms. The minimum atomic E-state index is -3.58. The summed E-state index contributed by atoms with van der Waals surface area (Å²) in [5.41, 5.74) is 1.08. The zero-order valence-electron chi connectivity index (χ0n) is 17.5. The van der Waals surface area contributed by atoms with Gasteiger partial charge in [-0.3, -0.25) is 9.59 Å². The monoisotopic (exact) mass is 443 g/mol. The Morgan fingerprint density at radius 1 is 0.871 bits per heavy atom. The molecule has 2 amide bonds. The number of hydrogen-bond donors (Lipinski definition) is 2. The molecule has 0 saturated carbocycles. The lowest BCUT2D eigenvalue weighted by molar-refractivity contribution is -0.139. The van der Waals surface area contributed by atoms with Crippen molar-refractivity contribution in [3.05, 3.63) is 66.2 Å². The van der Waals surface area contributed by atoms with E-state index in [4.69, 9.17) is 0 Å². The molecule has 0 aliphatic carbocycles. The lowest BCUT2D eigenvalue weighted by Crippen LogP contribution is -2.46. The largest absolute Gasteiger partial charge is 0.348 e. The van der Waals surface area contributed by atoms with E-state index in [2.05, 4.69) is 10.6 Å². The molecule has 0 bridgehead atoms. The highest BCUT2D eigenvalue weighted by Crippen LogP contribution is 2.26. The Labute approximate surface area is 183 Å². The fraction of sp³-hybridized carbons (Fsp3) is 0.391. The fourth-order valence-corrected chi connectivity index (χ4v) is 5.53. The SMILES string of the molecule is O=C(NCCc1ccccc1)C(=O)NCC[C@H]1CCCCN1S(=O)(=O)c1ccccc1. The molecule has 31 heavy (non-hydrogen) atoms. The van der Waals surface area contributed by atoms with Crippen LogP contribution in [0.15, 0.2) is 65.6 Å². The van der Waals surface area contributed by atoms with E-state index in [1.54, 1.807) is 30.3 Å². The van der Waals surface area contributed by atoms with Gasteiger partial charge in [0.2, 0.25) is 10.0 Å². The van der Waals surface area contributed by atoms with Gasteiger partial charge in [-0.05, 0) is 43.4 Å². The molecule has 1 heterocycles. The van der Waals surface area contributed by atoms with Crippen LogP contribution in [0.3, 0.4) is 0 Å². The molecule has 166 valence electrons. The Kier molecular flexibility index (Phi) is 8.20. The summed E-state index contributed by atoms with van der Waals surface area (Å²) in [6, 6.07) is 17.9. The van der Waals surface area contributed by atoms with E-state index in [9.17, 15) is 18.0 Å². The van der Waals surface area contributed by atoms with Crippen molar-refractivity contribution in [2.45, 2.75) is 43.0 Å². The highest BCUT2D eigenvalue weighted by molar-refractivity contribution is 7.89. The van der Waals surface area contributed by atoms with Crippen molar-refractivity contribution < 1.29 is 18.0 Å². The molecule has 1 aliphatic rings. The standard InChI is InChI=1S/C23H29N3O4S/c27-22(24-16-14-19-9-3-1-4-10-19)23(28)25-17-15-20-11-7-8-18-26(20)31(29,30)21-12-5-2-6-13-21/h1-6,9-10,12-13,20H,7-8,11,14-18H2,(H,24,27)(H,25,28)/t20-/m1/s1. The molecule has 1 saturated heterocycles. The predicted octanol–water partition coefficient (Wildman–Crippen LogP) is 2.09. The first-order valence-electron chi connectivity index (χ1n) is 10.7. The molecule has 1 atom stereocenters. The molecule has 1 aliphatic heterocycles. The van der Waals surface area contributed by atoms with Gasteiger partial charge in [-0.1, -0.05) is 55.0 Å². The second-order valence-corrected chi connectivity index (χ2v) is 9.51. The maximum absolute atomic E-state index is 13.0. The molecule has 0 unspecified atom stereocenters. The number of nitrogens with one attached hydrogen (secondary N) is 2. The Morgan fingerprint density at radius 2 is 1.48 bits per heavy atom. The van der Waals surface area contributed by atoms with Gasteiger partial charge in [-0.2, -0.15) is 4.31 Å². The Balaban J connectivity index is 1.46. The van der Waals surface area contributed by atoms with E-state index in [1.807, 2.05) is 30.3 Å². The zero-order chi connectivity index (χ0) is 22.1. The molecule has 8 heteroatoms. The van der Waals surface area contributed by atoms with E-state index < -0.39 is 21.8 Å². The summed E-state index contributed by atoms with van der Waals surface area (Å²) in [4.78, 5) is 24.3. The maximum atomic E-state index is 13.0. The lowest BCUT2D eigenvalue weighted by Gasteiger charge is -2.34. The molecule has 0 radical (unpaired) electrons. The van der Waals surface area contributed by atoms with Crippen molar-refractivity contribution in [3.8, 4) is 0 Å². The second-order valence-electron chi connectivity index (χ2n) is 7.61. The maximum Gasteiger partial charge on any atom is 0.309 e. The van der Waals surface area contributed by atoms with Gasteiger partial charge in [0.05, 0.1) is 4.90 Å². The van der Waals surface area contributed by atoms with Gasteiger partial charge < -0.3 is 10.6 Å². The third-order valence-electron chi connectivity index (χ3n) is 5.43. The van der Waals surface area contributed by atoms with Crippen LogP contribution in [0.5, 0.6) is 0 Å². The summed E-state index contributed by atoms with van der Waals surface area (Å²) in [5.74, 6) is -1.37. The fourth-order valence-electron chi connectivity index (χ4n) is 3.78. The molecule has 2 aromatic carbocycles. The average molecular weight is 444 g/mol. The van der Waals surface area contributed by atoms with E-state index >= 15 is 0 Å². The molecule has 1 fully saturated rings. The molecular weight excluding hydrogens is 414 g/mol. The van der Waals surface area contributed by atoms with Crippen molar-refractivity contribution in [3.63, 3.8) is 0 Å². The third-order valence-corrected chi connectivity index (χ3v) is 7.40. The first-order valence-corrected chi connectivity index (χ1v) is 12.1. The number of rotatable bonds is 8. The van der Waals surface area contributed by atoms with Gasteiger partial charge in [-0.25, -0.2) is 8.42 Å². The second kappa shape index (κ2) is 11.1. The number of nitrogens with zero attached hydrogens (tertiary/aromatic N) is 1. The Morgan fingerprint density at radius 3 is 2.16 bits per heavy atom. The Hall–Kier alpha value is -2.71. The van der Waals surface area contributed by atoms with Gasteiger partial charge in [0.1, 0.15) is 0 Å². The van der Waals surface area contributed by atoms with Crippen LogP contribution in [0.1, 0.15) is 31.2 Å². The summed E-state index contributed by atoms with van der Waals surface area (Å²) >= 11 is 0. The van der Waals surface area contributed by atoms with E-state index in [-0.39, 0.29) is 17.5 Å². The predicted molar refractivity (Wildman–Crippen MR) is 119 cm³/mol. The minimum absolute atomic E-state index is 0.194. The van der Waals surface area contributed by atoms with Gasteiger partial charge >= 0.3 is 11.8 Å². The summed E-state index contributed by atoms with van der Waals surface area (Å²) in [6.45, 7) is 1.09. The highest BCUT2D eigenvalue weighted by atomic mass is 32.2. The van der Waals surface area contributed by atoms with Gasteiger partial charge in [0, 0.05) is 25.7 Å². The van der Waals surface area contributed by atoms with Crippen LogP contribution in [-0.4, -0.2) is 50.2 Å². The number of piperidine rings is 1. The van der Waals surface area contributed by atoms with Crippen molar-refractivity contribution in [1.29, 1.82) is 0 Å². The quantitative estimate of drug-likeness (QED) is 0.611. The van der Waals surface area contributed by atoms with Crippen LogP contribution in [-0.2, 0) is 26.0 Å². The lowest BCUT2D eigenvalue weighted by atomic mass is 10.0. The number of benzene rings is 2. The molecule has 7 nitrogen and oxygen atoms in total. The van der Waals surface area contributed by atoms with Gasteiger partial charge in [-0.15, -0.1) is 0 Å². The minimum Gasteiger partial charge on any atom is -0.348 e. The zero-order valence-corrected chi connectivity index (χ0v) is 18.3. The smallest absolute Gasteiger partial charge is 0.309 e. The van der Waals surface area contributed by atoms with E-state index in [0.717, 1.165) is 24.8 Å². The molecule has 2 N–H and O–H groups in total. The summed E-state index contributed by atoms with van der Waals surface area (Å²) in [6.07, 6.45) is 3.62. The molecular formula is C23H29N3O4S. The highest BCUT2D eigenvalue weighted by Gasteiger charge is 2.33. The van der Waals surface area contributed by atoms with Crippen LogP contribution in [0.2, 0.25) is 0 Å². The molecule has 2 aromatic rings. The first kappa shape index (κ1) is 23.0. The number of amides is 2. The van der Waals surface area contributed by atoms with Gasteiger partial charge in [0.25, 0.3) is 0 Å². The van der Waals surface area contributed by atoms with Crippen LogP contribution < -0.4 is 10.6 Å².